The molecule has 1 fully saturated rings. The largest absolute Gasteiger partial charge is 0.488 e. The predicted molar refractivity (Wildman–Crippen MR) is 81.4 cm³/mol. The summed E-state index contributed by atoms with van der Waals surface area (Å²) in [5.41, 5.74) is 0. The lowest BCUT2D eigenvalue weighted by molar-refractivity contribution is -0.128. The van der Waals surface area contributed by atoms with Crippen LogP contribution in [-0.2, 0) is 4.79 Å². The number of aliphatic hydroxyl groups is 1. The molecule has 23 heavy (non-hydrogen) atoms. The van der Waals surface area contributed by atoms with E-state index in [9.17, 15) is 19.1 Å². The molecule has 1 aliphatic heterocycles. The van der Waals surface area contributed by atoms with Gasteiger partial charge >= 0.3 is 6.03 Å². The Morgan fingerprint density at radius 1 is 1.35 bits per heavy atom. The smallest absolute Gasteiger partial charge is 0.324 e. The van der Waals surface area contributed by atoms with Crippen molar-refractivity contribution in [2.75, 3.05) is 13.2 Å². The number of aliphatic hydroxyl groups excluding tert-OH is 1. The van der Waals surface area contributed by atoms with Crippen LogP contribution in [0.5, 0.6) is 5.75 Å². The Balaban J connectivity index is 1.87. The van der Waals surface area contributed by atoms with Crippen LogP contribution in [0.25, 0.3) is 0 Å². The van der Waals surface area contributed by atoms with E-state index < -0.39 is 24.0 Å². The summed E-state index contributed by atoms with van der Waals surface area (Å²) in [5, 5.41) is 12.5. The molecule has 6 nitrogen and oxygen atoms in total. The van der Waals surface area contributed by atoms with Crippen molar-refractivity contribution in [1.82, 2.24) is 10.2 Å². The van der Waals surface area contributed by atoms with Crippen LogP contribution in [0.1, 0.15) is 20.3 Å². The van der Waals surface area contributed by atoms with Crippen LogP contribution < -0.4 is 10.1 Å². The van der Waals surface area contributed by atoms with E-state index in [-0.39, 0.29) is 30.7 Å². The highest BCUT2D eigenvalue weighted by Gasteiger charge is 2.38. The van der Waals surface area contributed by atoms with Gasteiger partial charge in [0, 0.05) is 0 Å². The molecular formula is C16H21FN2O4. The number of rotatable bonds is 7. The molecule has 1 aromatic carbocycles. The molecule has 0 spiro atoms. The van der Waals surface area contributed by atoms with Crippen LogP contribution in [0.15, 0.2) is 24.3 Å². The normalized spacial score (nSPS) is 19.2. The van der Waals surface area contributed by atoms with E-state index in [1.807, 2.05) is 13.8 Å². The maximum Gasteiger partial charge on any atom is 0.324 e. The zero-order valence-electron chi connectivity index (χ0n) is 13.2. The Morgan fingerprint density at radius 2 is 2.04 bits per heavy atom. The minimum atomic E-state index is -1.10. The van der Waals surface area contributed by atoms with E-state index in [4.69, 9.17) is 4.74 Å². The molecule has 0 bridgehead atoms. The second-order valence-corrected chi connectivity index (χ2v) is 5.98. The number of hydrogen-bond donors (Lipinski definition) is 2. The van der Waals surface area contributed by atoms with Crippen molar-refractivity contribution >= 4 is 11.9 Å². The molecule has 0 aliphatic carbocycles. The molecule has 0 radical (unpaired) electrons. The Kier molecular flexibility index (Phi) is 5.54. The van der Waals surface area contributed by atoms with E-state index in [0.717, 1.165) is 4.90 Å². The van der Waals surface area contributed by atoms with Crippen LogP contribution in [0.3, 0.4) is 0 Å². The van der Waals surface area contributed by atoms with Gasteiger partial charge in [-0.15, -0.1) is 0 Å². The summed E-state index contributed by atoms with van der Waals surface area (Å²) in [6.45, 7) is 3.51. The molecule has 2 atom stereocenters. The van der Waals surface area contributed by atoms with Crippen LogP contribution in [-0.4, -0.2) is 47.2 Å². The van der Waals surface area contributed by atoms with E-state index in [1.165, 1.54) is 18.2 Å². The summed E-state index contributed by atoms with van der Waals surface area (Å²) in [7, 11) is 0. The lowest BCUT2D eigenvalue weighted by Gasteiger charge is -2.18. The van der Waals surface area contributed by atoms with Crippen LogP contribution in [0.4, 0.5) is 9.18 Å². The third-order valence-corrected chi connectivity index (χ3v) is 3.48. The Morgan fingerprint density at radius 3 is 2.70 bits per heavy atom. The molecule has 0 saturated carbocycles. The number of amides is 3. The van der Waals surface area contributed by atoms with Crippen molar-refractivity contribution in [2.45, 2.75) is 32.4 Å². The zero-order valence-corrected chi connectivity index (χ0v) is 13.2. The maximum absolute atomic E-state index is 13.4. The molecule has 126 valence electrons. The number of para-hydroxylation sites is 1. The molecule has 7 heteroatoms. The third-order valence-electron chi connectivity index (χ3n) is 3.48. The van der Waals surface area contributed by atoms with Crippen molar-refractivity contribution in [1.29, 1.82) is 0 Å². The van der Waals surface area contributed by atoms with Gasteiger partial charge in [0.25, 0.3) is 5.91 Å². The number of ether oxygens (including phenoxy) is 1. The van der Waals surface area contributed by atoms with Crippen LogP contribution in [0.2, 0.25) is 0 Å². The van der Waals surface area contributed by atoms with Gasteiger partial charge in [-0.25, -0.2) is 9.18 Å². The number of carbonyl (C=O) groups excluding carboxylic acids is 2. The summed E-state index contributed by atoms with van der Waals surface area (Å²) in [4.78, 5) is 24.9. The standard InChI is InChI=1S/C16H21FN2O4/c1-10(2)7-13-15(21)19(16(22)18-13)8-11(20)9-23-14-6-4-3-5-12(14)17/h3-6,10-11,13,20H,7-9H2,1-2H3,(H,18,22). The Labute approximate surface area is 134 Å². The molecule has 1 aliphatic rings. The highest BCUT2D eigenvalue weighted by molar-refractivity contribution is 6.04. The van der Waals surface area contributed by atoms with Crippen LogP contribution >= 0.6 is 0 Å². The molecule has 1 saturated heterocycles. The third kappa shape index (κ3) is 4.41. The first-order valence-electron chi connectivity index (χ1n) is 7.55. The number of halogens is 1. The molecular weight excluding hydrogens is 303 g/mol. The summed E-state index contributed by atoms with van der Waals surface area (Å²) in [5.74, 6) is -0.611. The maximum atomic E-state index is 13.4. The monoisotopic (exact) mass is 324 g/mol. The molecule has 0 aromatic heterocycles. The Bertz CT molecular complexity index is 579. The number of benzene rings is 1. The van der Waals surface area contributed by atoms with Gasteiger partial charge in [-0.05, 0) is 24.5 Å². The van der Waals surface area contributed by atoms with Crippen molar-refractivity contribution in [2.24, 2.45) is 5.92 Å². The topological polar surface area (TPSA) is 78.9 Å². The minimum absolute atomic E-state index is 0.0152. The first-order valence-corrected chi connectivity index (χ1v) is 7.55. The number of urea groups is 1. The number of imide groups is 1. The van der Waals surface area contributed by atoms with Gasteiger partial charge in [0.1, 0.15) is 18.8 Å². The van der Waals surface area contributed by atoms with Gasteiger partial charge in [0.2, 0.25) is 0 Å². The second kappa shape index (κ2) is 7.41. The number of nitrogens with one attached hydrogen (secondary N) is 1. The highest BCUT2D eigenvalue weighted by Crippen LogP contribution is 2.17. The van der Waals surface area contributed by atoms with Crippen molar-refractivity contribution in [3.8, 4) is 5.75 Å². The van der Waals surface area contributed by atoms with Gasteiger partial charge in [0.15, 0.2) is 11.6 Å². The summed E-state index contributed by atoms with van der Waals surface area (Å²) < 4.78 is 18.6. The molecule has 2 rings (SSSR count). The molecule has 2 unspecified atom stereocenters. The summed E-state index contributed by atoms with van der Waals surface area (Å²) in [6, 6.07) is 4.75. The second-order valence-electron chi connectivity index (χ2n) is 5.98. The highest BCUT2D eigenvalue weighted by atomic mass is 19.1. The molecule has 1 heterocycles. The first kappa shape index (κ1) is 17.2. The summed E-state index contributed by atoms with van der Waals surface area (Å²) in [6.07, 6.45) is -0.551. The predicted octanol–water partition coefficient (Wildman–Crippen LogP) is 1.53. The van der Waals surface area contributed by atoms with Gasteiger partial charge in [-0.1, -0.05) is 26.0 Å². The SMILES string of the molecule is CC(C)CC1NC(=O)N(CC(O)COc2ccccc2F)C1=O. The fourth-order valence-electron chi connectivity index (χ4n) is 2.39. The fourth-order valence-corrected chi connectivity index (χ4v) is 2.39. The van der Waals surface area contributed by atoms with Crippen LogP contribution in [0, 0.1) is 11.7 Å². The summed E-state index contributed by atoms with van der Waals surface area (Å²) >= 11 is 0. The van der Waals surface area contributed by atoms with Gasteiger partial charge in [-0.3, -0.25) is 9.69 Å². The number of carbonyl (C=O) groups is 2. The quantitative estimate of drug-likeness (QED) is 0.746. The van der Waals surface area contributed by atoms with Crippen molar-refractivity contribution in [3.63, 3.8) is 0 Å². The lowest BCUT2D eigenvalue weighted by atomic mass is 10.0. The number of nitrogens with zero attached hydrogens (tertiary/aromatic N) is 1. The van der Waals surface area contributed by atoms with E-state index in [1.54, 1.807) is 6.07 Å². The van der Waals surface area contributed by atoms with Gasteiger partial charge in [-0.2, -0.15) is 0 Å². The van der Waals surface area contributed by atoms with E-state index >= 15 is 0 Å². The lowest BCUT2D eigenvalue weighted by Crippen LogP contribution is -2.40. The van der Waals surface area contributed by atoms with Crippen molar-refractivity contribution in [3.05, 3.63) is 30.1 Å². The molecule has 1 aromatic rings. The average Bonchev–Trinajstić information content (AvgIpc) is 2.73. The molecule has 2 N–H and O–H groups in total. The van der Waals surface area contributed by atoms with Gasteiger partial charge < -0.3 is 15.2 Å². The minimum Gasteiger partial charge on any atom is -0.488 e. The van der Waals surface area contributed by atoms with Crippen molar-refractivity contribution < 1.29 is 23.8 Å². The fraction of sp³-hybridized carbons (Fsp3) is 0.500. The van der Waals surface area contributed by atoms with Gasteiger partial charge in [0.05, 0.1) is 6.54 Å². The number of β-amino-alcohol motifs (C(OH)–C–C–N with tert-alkyl or cyclic N) is 1. The van der Waals surface area contributed by atoms with E-state index in [0.29, 0.717) is 6.42 Å². The first-order chi connectivity index (χ1) is 10.9. The number of hydrogen-bond acceptors (Lipinski definition) is 4. The molecule has 3 amide bonds. The zero-order chi connectivity index (χ0) is 17.0. The Hall–Kier alpha value is -2.15. The average molecular weight is 324 g/mol. The van der Waals surface area contributed by atoms with E-state index in [2.05, 4.69) is 5.32 Å².